The summed E-state index contributed by atoms with van der Waals surface area (Å²) in [5.41, 5.74) is 0. The summed E-state index contributed by atoms with van der Waals surface area (Å²) in [5.74, 6) is -4.71. The SMILES string of the molecule is CCCCCCCCCCCCCCCCCCC(CC(=O)[O-])C(CCCCCCCCCCCCCCCCCC)(C(=O)[O-])S(=O)(=O)O.[Na+].[Na+]. The van der Waals surface area contributed by atoms with Crippen LogP contribution in [0.4, 0.5) is 0 Å². The maximum absolute atomic E-state index is 12.6. The molecule has 0 fully saturated rings. The van der Waals surface area contributed by atoms with Crippen LogP contribution in [0.1, 0.15) is 239 Å². The molecule has 0 saturated carbocycles. The molecule has 0 spiro atoms. The Morgan fingerprint density at radius 2 is 0.745 bits per heavy atom. The summed E-state index contributed by atoms with van der Waals surface area (Å²) in [4.78, 5) is 24.0. The molecule has 0 aliphatic carbocycles. The van der Waals surface area contributed by atoms with Crippen LogP contribution in [-0.4, -0.2) is 29.7 Å². The first-order valence-corrected chi connectivity index (χ1v) is 22.5. The van der Waals surface area contributed by atoms with Gasteiger partial charge in [-0.25, -0.2) is 0 Å². The molecule has 2 unspecified atom stereocenters. The maximum atomic E-state index is 12.6. The molecule has 1 N–H and O–H groups in total. The molecule has 0 amide bonds. The average Bonchev–Trinajstić information content (AvgIpc) is 3.04. The fourth-order valence-corrected chi connectivity index (χ4v) is 8.73. The minimum absolute atomic E-state index is 0. The van der Waals surface area contributed by atoms with E-state index in [9.17, 15) is 32.8 Å². The van der Waals surface area contributed by atoms with E-state index in [2.05, 4.69) is 13.8 Å². The van der Waals surface area contributed by atoms with Crippen molar-refractivity contribution in [2.45, 2.75) is 243 Å². The number of carboxylic acids is 2. The third kappa shape index (κ3) is 30.7. The summed E-state index contributed by atoms with van der Waals surface area (Å²) in [6, 6.07) is 0. The molecule has 0 bridgehead atoms. The van der Waals surface area contributed by atoms with E-state index in [1.54, 1.807) is 0 Å². The first-order valence-electron chi connectivity index (χ1n) is 21.0. The van der Waals surface area contributed by atoms with E-state index in [1.807, 2.05) is 0 Å². The summed E-state index contributed by atoms with van der Waals surface area (Å²) in [7, 11) is -5.12. The summed E-state index contributed by atoms with van der Waals surface area (Å²) in [5, 5.41) is 24.0. The molecule has 2 atom stereocenters. The van der Waals surface area contributed by atoms with E-state index in [-0.39, 0.29) is 78.4 Å². The van der Waals surface area contributed by atoms with Crippen LogP contribution in [0.15, 0.2) is 0 Å². The molecule has 0 radical (unpaired) electrons. The second kappa shape index (κ2) is 39.1. The Morgan fingerprint density at radius 3 is 0.980 bits per heavy atom. The van der Waals surface area contributed by atoms with Crippen molar-refractivity contribution in [1.29, 1.82) is 0 Å². The Labute approximate surface area is 360 Å². The standard InChI is InChI=1S/C41H80O7S.2Na/c1-3-5-7-9-11-13-15-17-19-21-23-25-27-29-31-33-35-38(37-39(42)43)41(40(44)45,49(46,47)48)36-34-32-30-28-26-24-22-20-18-16-14-12-10-8-6-4-2;;/h38H,3-37H2,1-2H3,(H,42,43)(H,44,45)(H,46,47,48);;/q;2*+1/p-2. The summed E-state index contributed by atoms with van der Waals surface area (Å²) >= 11 is 0. The maximum Gasteiger partial charge on any atom is 1.00 e. The van der Waals surface area contributed by atoms with Gasteiger partial charge in [-0.15, -0.1) is 0 Å². The van der Waals surface area contributed by atoms with Crippen molar-refractivity contribution < 1.29 is 91.9 Å². The number of aliphatic carboxylic acids is 2. The number of hydrogen-bond donors (Lipinski definition) is 1. The monoisotopic (exact) mass is 761 g/mol. The fraction of sp³-hybridized carbons (Fsp3) is 0.951. The van der Waals surface area contributed by atoms with Gasteiger partial charge in [-0.1, -0.05) is 219 Å². The van der Waals surface area contributed by atoms with Crippen LogP contribution in [0.3, 0.4) is 0 Å². The van der Waals surface area contributed by atoms with Gasteiger partial charge in [0.2, 0.25) is 0 Å². The quantitative estimate of drug-likeness (QED) is 0.0557. The first-order chi connectivity index (χ1) is 23.6. The van der Waals surface area contributed by atoms with Gasteiger partial charge in [0.1, 0.15) is 4.75 Å². The molecule has 7 nitrogen and oxygen atoms in total. The van der Waals surface area contributed by atoms with Crippen LogP contribution < -0.4 is 69.3 Å². The van der Waals surface area contributed by atoms with Gasteiger partial charge in [0.05, 0.1) is 5.97 Å². The van der Waals surface area contributed by atoms with E-state index < -0.39 is 39.1 Å². The zero-order chi connectivity index (χ0) is 36.5. The summed E-state index contributed by atoms with van der Waals surface area (Å²) < 4.78 is 32.8. The summed E-state index contributed by atoms with van der Waals surface area (Å²) in [6.07, 6.45) is 35.9. The van der Waals surface area contributed by atoms with Gasteiger partial charge in [-0.3, -0.25) is 4.55 Å². The molecule has 0 rings (SSSR count). The fourth-order valence-electron chi connectivity index (χ4n) is 7.49. The minimum Gasteiger partial charge on any atom is -0.550 e. The summed E-state index contributed by atoms with van der Waals surface area (Å²) in [6.45, 7) is 4.49. The molecule has 0 aliphatic heterocycles. The molecule has 10 heteroatoms. The third-order valence-corrected chi connectivity index (χ3v) is 12.3. The van der Waals surface area contributed by atoms with Crippen molar-refractivity contribution in [3.8, 4) is 0 Å². The second-order valence-electron chi connectivity index (χ2n) is 15.1. The molecule has 0 aromatic rings. The van der Waals surface area contributed by atoms with E-state index in [4.69, 9.17) is 0 Å². The molecule has 0 aliphatic rings. The van der Waals surface area contributed by atoms with Crippen molar-refractivity contribution in [3.63, 3.8) is 0 Å². The molecular weight excluding hydrogens is 682 g/mol. The Kier molecular flexibility index (Phi) is 43.1. The Hall–Kier alpha value is 0.850. The van der Waals surface area contributed by atoms with Crippen LogP contribution in [0, 0.1) is 5.92 Å². The molecule has 0 heterocycles. The van der Waals surface area contributed by atoms with Gasteiger partial charge < -0.3 is 19.8 Å². The van der Waals surface area contributed by atoms with Crippen molar-refractivity contribution in [1.82, 2.24) is 0 Å². The number of carbonyl (C=O) groups excluding carboxylic acids is 2. The van der Waals surface area contributed by atoms with Crippen molar-refractivity contribution in [2.24, 2.45) is 5.92 Å². The molecule has 0 aromatic carbocycles. The van der Waals surface area contributed by atoms with Gasteiger partial charge in [-0.05, 0) is 25.2 Å². The van der Waals surface area contributed by atoms with Crippen LogP contribution in [0.2, 0.25) is 0 Å². The van der Waals surface area contributed by atoms with Crippen molar-refractivity contribution in [3.05, 3.63) is 0 Å². The van der Waals surface area contributed by atoms with Crippen molar-refractivity contribution in [2.75, 3.05) is 0 Å². The molecule has 51 heavy (non-hydrogen) atoms. The second-order valence-corrected chi connectivity index (χ2v) is 16.7. The largest absolute Gasteiger partial charge is 1.00 e. The van der Waals surface area contributed by atoms with Gasteiger partial charge in [-0.2, -0.15) is 8.42 Å². The Bertz CT molecular complexity index is 887. The number of rotatable bonds is 39. The zero-order valence-corrected chi connectivity index (χ0v) is 38.9. The van der Waals surface area contributed by atoms with Crippen molar-refractivity contribution >= 4 is 22.1 Å². The van der Waals surface area contributed by atoms with E-state index in [0.717, 1.165) is 51.4 Å². The average molecular weight is 761 g/mol. The number of unbranched alkanes of at least 4 members (excludes halogenated alkanes) is 30. The van der Waals surface area contributed by atoms with E-state index in [1.165, 1.54) is 135 Å². The van der Waals surface area contributed by atoms with E-state index in [0.29, 0.717) is 12.8 Å². The number of carbonyl (C=O) groups is 2. The third-order valence-electron chi connectivity index (χ3n) is 10.7. The topological polar surface area (TPSA) is 135 Å². The smallest absolute Gasteiger partial charge is 0.550 e. The van der Waals surface area contributed by atoms with Gasteiger partial charge in [0.15, 0.2) is 0 Å². The van der Waals surface area contributed by atoms with Crippen LogP contribution >= 0.6 is 0 Å². The molecule has 292 valence electrons. The van der Waals surface area contributed by atoms with Crippen LogP contribution in [-0.2, 0) is 19.7 Å². The normalized spacial score (nSPS) is 13.2. The first kappa shape index (κ1) is 56.2. The predicted octanol–water partition coefficient (Wildman–Crippen LogP) is 4.43. The molecule has 0 saturated heterocycles. The Balaban J connectivity index is -0.0000115. The number of carboxylic acid groups (broad SMARTS) is 2. The van der Waals surface area contributed by atoms with Crippen LogP contribution in [0.25, 0.3) is 0 Å². The van der Waals surface area contributed by atoms with Gasteiger partial charge in [0.25, 0.3) is 10.1 Å². The van der Waals surface area contributed by atoms with E-state index >= 15 is 0 Å². The van der Waals surface area contributed by atoms with Gasteiger partial charge >= 0.3 is 59.1 Å². The minimum atomic E-state index is -5.12. The predicted molar refractivity (Wildman–Crippen MR) is 201 cm³/mol. The number of hydrogen-bond acceptors (Lipinski definition) is 6. The zero-order valence-electron chi connectivity index (χ0n) is 34.1. The van der Waals surface area contributed by atoms with Gasteiger partial charge in [0, 0.05) is 5.97 Å². The van der Waals surface area contributed by atoms with Crippen LogP contribution in [0.5, 0.6) is 0 Å². The Morgan fingerprint density at radius 1 is 0.490 bits per heavy atom. The molecular formula is C41H78Na2O7S. The molecule has 0 aromatic heterocycles.